The summed E-state index contributed by atoms with van der Waals surface area (Å²) >= 11 is 3.84. The van der Waals surface area contributed by atoms with Crippen LogP contribution in [-0.2, 0) is 6.42 Å². The monoisotopic (exact) mass is 271 g/mol. The molecule has 0 radical (unpaired) electrons. The summed E-state index contributed by atoms with van der Waals surface area (Å²) in [5.41, 5.74) is 0. The highest BCUT2D eigenvalue weighted by Gasteiger charge is 2.16. The predicted octanol–water partition coefficient (Wildman–Crippen LogP) is 4.05. The Morgan fingerprint density at radius 1 is 1.47 bits per heavy atom. The Morgan fingerprint density at radius 2 is 2.29 bits per heavy atom. The van der Waals surface area contributed by atoms with Crippen molar-refractivity contribution in [3.05, 3.63) is 22.4 Å². The van der Waals surface area contributed by atoms with Crippen molar-refractivity contribution in [1.82, 2.24) is 5.32 Å². The molecule has 0 amide bonds. The minimum atomic E-state index is 0.671. The zero-order chi connectivity index (χ0) is 12.5. The van der Waals surface area contributed by atoms with Crippen LogP contribution < -0.4 is 5.32 Å². The van der Waals surface area contributed by atoms with Crippen molar-refractivity contribution in [2.75, 3.05) is 18.6 Å². The van der Waals surface area contributed by atoms with Gasteiger partial charge in [0.25, 0.3) is 0 Å². The molecule has 3 heteroatoms. The molecule has 0 spiro atoms. The highest BCUT2D eigenvalue weighted by molar-refractivity contribution is 7.98. The molecule has 0 aliphatic carbocycles. The third-order valence-electron chi connectivity index (χ3n) is 3.05. The Bertz CT molecular complexity index is 272. The lowest BCUT2D eigenvalue weighted by molar-refractivity contribution is 0.383. The summed E-state index contributed by atoms with van der Waals surface area (Å²) in [6, 6.07) is 5.07. The number of hydrogen-bond donors (Lipinski definition) is 1. The summed E-state index contributed by atoms with van der Waals surface area (Å²) in [6.45, 7) is 5.76. The van der Waals surface area contributed by atoms with Crippen molar-refractivity contribution >= 4 is 23.1 Å². The maximum atomic E-state index is 3.71. The van der Waals surface area contributed by atoms with Gasteiger partial charge in [-0.3, -0.25) is 0 Å². The van der Waals surface area contributed by atoms with Gasteiger partial charge in [0.1, 0.15) is 0 Å². The van der Waals surface area contributed by atoms with Crippen molar-refractivity contribution in [3.8, 4) is 0 Å². The number of thiophene rings is 1. The summed E-state index contributed by atoms with van der Waals surface area (Å²) in [7, 11) is 0. The maximum absolute atomic E-state index is 3.71. The molecule has 1 aromatic heterocycles. The molecule has 0 saturated carbocycles. The molecule has 17 heavy (non-hydrogen) atoms. The Balaban J connectivity index is 2.39. The summed E-state index contributed by atoms with van der Waals surface area (Å²) in [4.78, 5) is 1.52. The van der Waals surface area contributed by atoms with Crippen LogP contribution in [-0.4, -0.2) is 24.6 Å². The molecule has 1 nitrogen and oxygen atoms in total. The van der Waals surface area contributed by atoms with Crippen molar-refractivity contribution < 1.29 is 0 Å². The minimum absolute atomic E-state index is 0.671. The number of rotatable bonds is 9. The van der Waals surface area contributed by atoms with E-state index < -0.39 is 0 Å². The van der Waals surface area contributed by atoms with Crippen molar-refractivity contribution in [1.29, 1.82) is 0 Å². The third kappa shape index (κ3) is 5.94. The second-order valence-corrected chi connectivity index (χ2v) is 6.55. The molecule has 2 unspecified atom stereocenters. The van der Waals surface area contributed by atoms with Crippen LogP contribution in [0.5, 0.6) is 0 Å². The topological polar surface area (TPSA) is 12.0 Å². The molecule has 0 saturated heterocycles. The summed E-state index contributed by atoms with van der Waals surface area (Å²) in [5, 5.41) is 5.88. The van der Waals surface area contributed by atoms with E-state index >= 15 is 0 Å². The van der Waals surface area contributed by atoms with Gasteiger partial charge in [-0.05, 0) is 55.2 Å². The first-order valence-corrected chi connectivity index (χ1v) is 8.80. The van der Waals surface area contributed by atoms with Crippen LogP contribution in [0.2, 0.25) is 0 Å². The zero-order valence-corrected chi connectivity index (χ0v) is 12.9. The third-order valence-corrected chi connectivity index (χ3v) is 4.85. The molecule has 1 rings (SSSR count). The van der Waals surface area contributed by atoms with Gasteiger partial charge >= 0.3 is 0 Å². The van der Waals surface area contributed by atoms with E-state index in [2.05, 4.69) is 42.9 Å². The first-order chi connectivity index (χ1) is 8.27. The van der Waals surface area contributed by atoms with Crippen molar-refractivity contribution in [3.63, 3.8) is 0 Å². The van der Waals surface area contributed by atoms with Gasteiger partial charge in [0.05, 0.1) is 0 Å². The lowest BCUT2D eigenvalue weighted by Crippen LogP contribution is -2.37. The fraction of sp³-hybridized carbons (Fsp3) is 0.714. The minimum Gasteiger partial charge on any atom is -0.314 e. The number of thioether (sulfide) groups is 1. The molecule has 1 heterocycles. The van der Waals surface area contributed by atoms with E-state index in [1.54, 1.807) is 0 Å². The molecule has 0 fully saturated rings. The van der Waals surface area contributed by atoms with Crippen molar-refractivity contribution in [2.45, 2.75) is 39.2 Å². The van der Waals surface area contributed by atoms with Crippen molar-refractivity contribution in [2.24, 2.45) is 5.92 Å². The highest BCUT2D eigenvalue weighted by Crippen LogP contribution is 2.17. The van der Waals surface area contributed by atoms with Gasteiger partial charge < -0.3 is 5.32 Å². The molecule has 0 aliphatic heterocycles. The highest BCUT2D eigenvalue weighted by atomic mass is 32.2. The second-order valence-electron chi connectivity index (χ2n) is 4.61. The quantitative estimate of drug-likeness (QED) is 0.727. The lowest BCUT2D eigenvalue weighted by Gasteiger charge is -2.24. The van der Waals surface area contributed by atoms with E-state index in [1.807, 2.05) is 23.1 Å². The smallest absolute Gasteiger partial charge is 0.0104 e. The number of nitrogens with one attached hydrogen (secondary N) is 1. The van der Waals surface area contributed by atoms with Gasteiger partial charge in [-0.2, -0.15) is 11.8 Å². The van der Waals surface area contributed by atoms with Crippen LogP contribution in [0.1, 0.15) is 31.6 Å². The van der Waals surface area contributed by atoms with Gasteiger partial charge in [0.15, 0.2) is 0 Å². The van der Waals surface area contributed by atoms with Crippen LogP contribution in [0.25, 0.3) is 0 Å². The van der Waals surface area contributed by atoms with Crippen LogP contribution in [0.15, 0.2) is 17.5 Å². The normalized spacial score (nSPS) is 14.8. The van der Waals surface area contributed by atoms with E-state index in [-0.39, 0.29) is 0 Å². The van der Waals surface area contributed by atoms with Gasteiger partial charge in [-0.1, -0.05) is 19.9 Å². The molecular weight excluding hydrogens is 246 g/mol. The van der Waals surface area contributed by atoms with E-state index in [0.29, 0.717) is 6.04 Å². The molecule has 2 atom stereocenters. The van der Waals surface area contributed by atoms with E-state index in [9.17, 15) is 0 Å². The largest absolute Gasteiger partial charge is 0.314 e. The average molecular weight is 271 g/mol. The molecule has 0 aromatic carbocycles. The Kier molecular flexibility index (Phi) is 7.99. The fourth-order valence-electron chi connectivity index (χ4n) is 2.05. The molecule has 1 aromatic rings. The molecule has 98 valence electrons. The van der Waals surface area contributed by atoms with Crippen LogP contribution in [0.4, 0.5) is 0 Å². The fourth-order valence-corrected chi connectivity index (χ4v) is 3.53. The Labute approximate surface area is 114 Å². The number of hydrogen-bond acceptors (Lipinski definition) is 3. The van der Waals surface area contributed by atoms with E-state index in [1.165, 1.54) is 29.9 Å². The first-order valence-electron chi connectivity index (χ1n) is 6.52. The molecule has 0 bridgehead atoms. The van der Waals surface area contributed by atoms with Gasteiger partial charge in [-0.25, -0.2) is 0 Å². The summed E-state index contributed by atoms with van der Waals surface area (Å²) < 4.78 is 0. The van der Waals surface area contributed by atoms with Crippen LogP contribution in [0.3, 0.4) is 0 Å². The maximum Gasteiger partial charge on any atom is 0.0104 e. The molecule has 1 N–H and O–H groups in total. The second kappa shape index (κ2) is 9.01. The number of aryl methyl sites for hydroxylation is 1. The predicted molar refractivity (Wildman–Crippen MR) is 82.3 cm³/mol. The lowest BCUT2D eigenvalue weighted by atomic mass is 9.98. The molecular formula is C14H25NS2. The van der Waals surface area contributed by atoms with E-state index in [0.717, 1.165) is 12.5 Å². The average Bonchev–Trinajstić information content (AvgIpc) is 2.82. The van der Waals surface area contributed by atoms with E-state index in [4.69, 9.17) is 0 Å². The summed E-state index contributed by atoms with van der Waals surface area (Å²) in [6.07, 6.45) is 5.91. The Morgan fingerprint density at radius 3 is 2.88 bits per heavy atom. The van der Waals surface area contributed by atoms with Gasteiger partial charge in [0, 0.05) is 10.9 Å². The molecule has 0 aliphatic rings. The van der Waals surface area contributed by atoms with Gasteiger partial charge in [-0.15, -0.1) is 11.3 Å². The van der Waals surface area contributed by atoms with Crippen LogP contribution >= 0.6 is 23.1 Å². The summed E-state index contributed by atoms with van der Waals surface area (Å²) in [5.74, 6) is 2.02. The first kappa shape index (κ1) is 15.1. The Hall–Kier alpha value is 0.01000. The van der Waals surface area contributed by atoms with Crippen LogP contribution in [0, 0.1) is 5.92 Å². The SMILES string of the molecule is CCCNC(CCc1cccs1)C(C)CSC. The standard InChI is InChI=1S/C14H25NS2/c1-4-9-15-14(12(2)11-16-3)8-7-13-6-5-10-17-13/h5-6,10,12,14-15H,4,7-9,11H2,1-3H3. The van der Waals surface area contributed by atoms with Gasteiger partial charge in [0.2, 0.25) is 0 Å². The zero-order valence-electron chi connectivity index (χ0n) is 11.2.